The van der Waals surface area contributed by atoms with Gasteiger partial charge in [0.05, 0.1) is 5.54 Å². The largest absolute Gasteiger partial charge is 0.235 e. The van der Waals surface area contributed by atoms with Crippen LogP contribution in [0.25, 0.3) is 0 Å². The molecule has 2 fully saturated rings. The van der Waals surface area contributed by atoms with Gasteiger partial charge in [0, 0.05) is 0 Å². The average molecular weight is 325 g/mol. The molecule has 2 saturated carbocycles. The highest BCUT2D eigenvalue weighted by Crippen LogP contribution is 2.45. The molecular formula is C22H31NO. The normalized spacial score (nSPS) is 26.8. The molecule has 24 heavy (non-hydrogen) atoms. The van der Waals surface area contributed by atoms with Crippen molar-refractivity contribution in [3.8, 4) is 0 Å². The van der Waals surface area contributed by atoms with Crippen LogP contribution >= 0.6 is 0 Å². The van der Waals surface area contributed by atoms with Crippen LogP contribution in [-0.4, -0.2) is 6.08 Å². The van der Waals surface area contributed by atoms with Crippen LogP contribution in [0.1, 0.15) is 89.2 Å². The van der Waals surface area contributed by atoms with Crippen LogP contribution in [0.4, 0.5) is 0 Å². The van der Waals surface area contributed by atoms with Crippen molar-refractivity contribution in [2.45, 2.75) is 83.6 Å². The van der Waals surface area contributed by atoms with E-state index < -0.39 is 0 Å². The highest BCUT2D eigenvalue weighted by atomic mass is 16.1. The van der Waals surface area contributed by atoms with Gasteiger partial charge in [-0.05, 0) is 66.9 Å². The van der Waals surface area contributed by atoms with E-state index in [1.165, 1.54) is 36.8 Å². The van der Waals surface area contributed by atoms with Crippen molar-refractivity contribution in [1.29, 1.82) is 0 Å². The quantitative estimate of drug-likeness (QED) is 0.487. The Labute approximate surface area is 146 Å². The van der Waals surface area contributed by atoms with Gasteiger partial charge < -0.3 is 0 Å². The fraction of sp³-hybridized carbons (Fsp3) is 0.682. The fourth-order valence-electron chi connectivity index (χ4n) is 4.89. The molecule has 0 aromatic heterocycles. The summed E-state index contributed by atoms with van der Waals surface area (Å²) in [5, 5.41) is 0. The number of rotatable bonds is 3. The van der Waals surface area contributed by atoms with E-state index in [0.717, 1.165) is 31.6 Å². The number of carbonyl (C=O) groups excluding carboxylic acids is 1. The summed E-state index contributed by atoms with van der Waals surface area (Å²) >= 11 is 0. The number of aliphatic imine (C=N–C) groups is 1. The van der Waals surface area contributed by atoms with E-state index in [0.29, 0.717) is 11.3 Å². The first-order chi connectivity index (χ1) is 11.4. The molecule has 2 aliphatic rings. The second-order valence-electron chi connectivity index (χ2n) is 8.98. The lowest BCUT2D eigenvalue weighted by Crippen LogP contribution is -2.25. The van der Waals surface area contributed by atoms with Crippen molar-refractivity contribution in [3.05, 3.63) is 35.4 Å². The Bertz CT molecular complexity index is 607. The summed E-state index contributed by atoms with van der Waals surface area (Å²) in [6, 6.07) is 8.95. The molecule has 0 bridgehead atoms. The van der Waals surface area contributed by atoms with Crippen LogP contribution in [0.5, 0.6) is 0 Å². The smallest absolute Gasteiger partial charge is 0.211 e. The first kappa shape index (κ1) is 17.4. The van der Waals surface area contributed by atoms with Crippen molar-refractivity contribution in [1.82, 2.24) is 0 Å². The molecule has 0 amide bonds. The Morgan fingerprint density at radius 2 is 1.75 bits per heavy atom. The van der Waals surface area contributed by atoms with Gasteiger partial charge in [-0.15, -0.1) is 0 Å². The van der Waals surface area contributed by atoms with Crippen LogP contribution in [0.3, 0.4) is 0 Å². The number of hydrogen-bond acceptors (Lipinski definition) is 2. The van der Waals surface area contributed by atoms with Crippen LogP contribution in [0.15, 0.2) is 29.3 Å². The second-order valence-corrected chi connectivity index (χ2v) is 8.98. The van der Waals surface area contributed by atoms with Gasteiger partial charge in [-0.3, -0.25) is 0 Å². The van der Waals surface area contributed by atoms with Gasteiger partial charge in [0.1, 0.15) is 0 Å². The zero-order chi connectivity index (χ0) is 17.2. The van der Waals surface area contributed by atoms with Gasteiger partial charge in [0.25, 0.3) is 0 Å². The maximum Gasteiger partial charge on any atom is 0.235 e. The molecule has 0 saturated heterocycles. The summed E-state index contributed by atoms with van der Waals surface area (Å²) in [6.45, 7) is 7.12. The van der Waals surface area contributed by atoms with Crippen LogP contribution in [-0.2, 0) is 10.3 Å². The summed E-state index contributed by atoms with van der Waals surface area (Å²) in [6.07, 6.45) is 11.4. The Morgan fingerprint density at radius 3 is 2.33 bits per heavy atom. The van der Waals surface area contributed by atoms with Crippen molar-refractivity contribution in [3.63, 3.8) is 0 Å². The summed E-state index contributed by atoms with van der Waals surface area (Å²) in [7, 11) is 0. The van der Waals surface area contributed by atoms with E-state index >= 15 is 0 Å². The van der Waals surface area contributed by atoms with Crippen molar-refractivity contribution in [2.75, 3.05) is 0 Å². The van der Waals surface area contributed by atoms with Crippen LogP contribution < -0.4 is 0 Å². The zero-order valence-corrected chi connectivity index (χ0v) is 15.5. The third-order valence-electron chi connectivity index (χ3n) is 6.54. The molecule has 0 aliphatic heterocycles. The summed E-state index contributed by atoms with van der Waals surface area (Å²) < 4.78 is 0. The highest BCUT2D eigenvalue weighted by Gasteiger charge is 2.36. The maximum atomic E-state index is 11.0. The minimum Gasteiger partial charge on any atom is -0.211 e. The molecule has 0 N–H and O–H groups in total. The molecular weight excluding hydrogens is 294 g/mol. The Balaban J connectivity index is 1.78. The molecule has 1 aromatic rings. The second kappa shape index (κ2) is 6.84. The molecule has 0 spiro atoms. The molecule has 3 rings (SSSR count). The number of isocyanates is 1. The standard InChI is InChI=1S/C22H31NO/c1-21(2,3)19-11-9-17(10-12-19)18-7-6-8-20(15-18)22(23-16-24)13-4-5-14-22/h6-8,15,17,19H,4-5,9-14H2,1-3H3. The molecule has 0 atom stereocenters. The predicted octanol–water partition coefficient (Wildman–Crippen LogP) is 6.11. The van der Waals surface area contributed by atoms with E-state index in [1.54, 1.807) is 0 Å². The van der Waals surface area contributed by atoms with Gasteiger partial charge in [-0.2, -0.15) is 4.99 Å². The lowest BCUT2D eigenvalue weighted by atomic mass is 9.68. The minimum atomic E-state index is -0.291. The topological polar surface area (TPSA) is 29.4 Å². The summed E-state index contributed by atoms with van der Waals surface area (Å²) in [4.78, 5) is 15.2. The first-order valence-electron chi connectivity index (χ1n) is 9.64. The lowest BCUT2D eigenvalue weighted by Gasteiger charge is -2.37. The zero-order valence-electron chi connectivity index (χ0n) is 15.5. The van der Waals surface area contributed by atoms with Crippen molar-refractivity contribution < 1.29 is 4.79 Å². The summed E-state index contributed by atoms with van der Waals surface area (Å²) in [5.41, 5.74) is 2.82. The molecule has 0 heterocycles. The monoisotopic (exact) mass is 325 g/mol. The van der Waals surface area contributed by atoms with E-state index in [-0.39, 0.29) is 5.54 Å². The molecule has 1 aromatic carbocycles. The number of hydrogen-bond donors (Lipinski definition) is 0. The third-order valence-corrected chi connectivity index (χ3v) is 6.54. The first-order valence-corrected chi connectivity index (χ1v) is 9.64. The van der Waals surface area contributed by atoms with Crippen LogP contribution in [0.2, 0.25) is 0 Å². The van der Waals surface area contributed by atoms with Gasteiger partial charge in [-0.25, -0.2) is 4.79 Å². The van der Waals surface area contributed by atoms with Crippen molar-refractivity contribution >= 4 is 6.08 Å². The molecule has 130 valence electrons. The molecule has 0 unspecified atom stereocenters. The third kappa shape index (κ3) is 3.49. The van der Waals surface area contributed by atoms with Gasteiger partial charge >= 0.3 is 0 Å². The number of nitrogens with zero attached hydrogens (tertiary/aromatic N) is 1. The Kier molecular flexibility index (Phi) is 4.97. The van der Waals surface area contributed by atoms with E-state index in [1.807, 2.05) is 6.08 Å². The van der Waals surface area contributed by atoms with E-state index in [4.69, 9.17) is 0 Å². The maximum absolute atomic E-state index is 11.0. The Hall–Kier alpha value is -1.40. The van der Waals surface area contributed by atoms with Crippen LogP contribution in [0, 0.1) is 11.3 Å². The minimum absolute atomic E-state index is 0.291. The molecule has 0 radical (unpaired) electrons. The SMILES string of the molecule is CC(C)(C)C1CCC(c2cccc(C3(N=C=O)CCCC3)c2)CC1. The Morgan fingerprint density at radius 1 is 1.08 bits per heavy atom. The summed E-state index contributed by atoms with van der Waals surface area (Å²) in [5.74, 6) is 1.51. The number of benzene rings is 1. The van der Waals surface area contributed by atoms with Crippen molar-refractivity contribution in [2.24, 2.45) is 16.3 Å². The molecule has 2 heteroatoms. The lowest BCUT2D eigenvalue weighted by molar-refractivity contribution is 0.169. The van der Waals surface area contributed by atoms with Gasteiger partial charge in [-0.1, -0.05) is 57.9 Å². The predicted molar refractivity (Wildman–Crippen MR) is 98.9 cm³/mol. The average Bonchev–Trinajstić information content (AvgIpc) is 3.05. The fourth-order valence-corrected chi connectivity index (χ4v) is 4.89. The van der Waals surface area contributed by atoms with Gasteiger partial charge in [0.2, 0.25) is 6.08 Å². The van der Waals surface area contributed by atoms with E-state index in [2.05, 4.69) is 50.0 Å². The van der Waals surface area contributed by atoms with E-state index in [9.17, 15) is 4.79 Å². The molecule has 2 nitrogen and oxygen atoms in total. The van der Waals surface area contributed by atoms with Gasteiger partial charge in [0.15, 0.2) is 0 Å². The highest BCUT2D eigenvalue weighted by molar-refractivity contribution is 5.40. The molecule has 2 aliphatic carbocycles.